The lowest BCUT2D eigenvalue weighted by molar-refractivity contribution is 0.160. The average Bonchev–Trinajstić information content (AvgIpc) is 2.36. The van der Waals surface area contributed by atoms with Gasteiger partial charge in [-0.25, -0.2) is 10.0 Å². The molecular formula is C18H31NOS. The van der Waals surface area contributed by atoms with Crippen LogP contribution >= 0.6 is 10.0 Å². The Morgan fingerprint density at radius 2 is 1.48 bits per heavy atom. The first kappa shape index (κ1) is 18.1. The van der Waals surface area contributed by atoms with Crippen molar-refractivity contribution in [3.05, 3.63) is 29.8 Å². The topological polar surface area (TPSA) is 21.6 Å². The van der Waals surface area contributed by atoms with Gasteiger partial charge in [0.05, 0.1) is 6.21 Å². The highest BCUT2D eigenvalue weighted by atomic mass is 32.3. The van der Waals surface area contributed by atoms with E-state index in [2.05, 4.69) is 77.2 Å². The van der Waals surface area contributed by atoms with Crippen LogP contribution in [0, 0.1) is 0 Å². The van der Waals surface area contributed by atoms with E-state index >= 15 is 0 Å². The second-order valence-corrected chi connectivity index (χ2v) is 12.1. The first-order chi connectivity index (χ1) is 9.54. The van der Waals surface area contributed by atoms with Crippen molar-refractivity contribution < 1.29 is 4.84 Å². The third-order valence-corrected chi connectivity index (χ3v) is 10.3. The van der Waals surface area contributed by atoms with Crippen molar-refractivity contribution in [3.8, 4) is 0 Å². The molecule has 0 aliphatic rings. The first-order valence-electron chi connectivity index (χ1n) is 7.57. The zero-order chi connectivity index (χ0) is 16.3. The fraction of sp³-hybridized carbons (Fsp3) is 0.611. The minimum atomic E-state index is -0.968. The van der Waals surface area contributed by atoms with Crippen molar-refractivity contribution >= 4 is 16.2 Å². The van der Waals surface area contributed by atoms with Crippen molar-refractivity contribution in [1.29, 1.82) is 0 Å². The Morgan fingerprint density at radius 1 is 1.00 bits per heavy atom. The van der Waals surface area contributed by atoms with Crippen molar-refractivity contribution in [1.82, 2.24) is 0 Å². The van der Waals surface area contributed by atoms with Gasteiger partial charge >= 0.3 is 0 Å². The smallest absolute Gasteiger partial charge is 0.114 e. The second-order valence-electron chi connectivity index (χ2n) is 7.36. The number of hydrogen-bond acceptors (Lipinski definition) is 2. The third-order valence-electron chi connectivity index (χ3n) is 4.21. The molecule has 0 N–H and O–H groups in total. The van der Waals surface area contributed by atoms with E-state index in [0.717, 1.165) is 5.56 Å². The largest absolute Gasteiger partial charge is 0.396 e. The second kappa shape index (κ2) is 6.43. The monoisotopic (exact) mass is 309 g/mol. The Labute approximate surface area is 132 Å². The number of rotatable bonds is 4. The van der Waals surface area contributed by atoms with E-state index in [1.165, 1.54) is 4.90 Å². The van der Waals surface area contributed by atoms with Crippen molar-refractivity contribution in [2.24, 2.45) is 5.16 Å². The van der Waals surface area contributed by atoms with Gasteiger partial charge in [0.1, 0.15) is 6.61 Å². The summed E-state index contributed by atoms with van der Waals surface area (Å²) in [4.78, 5) is 6.47. The molecular weight excluding hydrogens is 278 g/mol. The van der Waals surface area contributed by atoms with Crippen molar-refractivity contribution in [3.63, 3.8) is 0 Å². The maximum atomic E-state index is 5.02. The molecule has 0 amide bonds. The molecule has 0 heterocycles. The van der Waals surface area contributed by atoms with Gasteiger partial charge in [-0.15, -0.1) is 0 Å². The molecule has 0 aliphatic heterocycles. The number of oxime groups is 1. The number of nitrogens with zero attached hydrogens (tertiary/aromatic N) is 1. The summed E-state index contributed by atoms with van der Waals surface area (Å²) in [5.74, 6) is 0. The summed E-state index contributed by atoms with van der Waals surface area (Å²) in [6.45, 7) is 16.7. The lowest BCUT2D eigenvalue weighted by Gasteiger charge is -2.57. The highest BCUT2D eigenvalue weighted by Gasteiger charge is 2.43. The van der Waals surface area contributed by atoms with Crippen molar-refractivity contribution in [2.75, 3.05) is 12.9 Å². The molecule has 1 rings (SSSR count). The molecule has 120 valence electrons. The van der Waals surface area contributed by atoms with Gasteiger partial charge in [0.15, 0.2) is 0 Å². The van der Waals surface area contributed by atoms with E-state index in [-0.39, 0.29) is 9.49 Å². The van der Waals surface area contributed by atoms with Crippen LogP contribution in [0.3, 0.4) is 0 Å². The molecule has 0 spiro atoms. The summed E-state index contributed by atoms with van der Waals surface area (Å²) in [7, 11) is -0.968. The van der Waals surface area contributed by atoms with Crippen LogP contribution in [-0.2, 0) is 4.84 Å². The van der Waals surface area contributed by atoms with Crippen LogP contribution in [-0.4, -0.2) is 28.6 Å². The van der Waals surface area contributed by atoms with Crippen LogP contribution in [0.1, 0.15) is 54.0 Å². The van der Waals surface area contributed by atoms with E-state index in [1.54, 1.807) is 6.21 Å². The Bertz CT molecular complexity index is 463. The van der Waals surface area contributed by atoms with Gasteiger partial charge in [-0.05, 0) is 45.3 Å². The molecule has 0 saturated heterocycles. The molecule has 0 aliphatic carbocycles. The predicted octanol–water partition coefficient (Wildman–Crippen LogP) is 5.45. The molecule has 0 bridgehead atoms. The summed E-state index contributed by atoms with van der Waals surface area (Å²) >= 11 is 0. The fourth-order valence-electron chi connectivity index (χ4n) is 2.62. The summed E-state index contributed by atoms with van der Waals surface area (Å²) in [6.07, 6.45) is 4.23. The van der Waals surface area contributed by atoms with Gasteiger partial charge in [0.2, 0.25) is 0 Å². The Balaban J connectivity index is 3.18. The maximum Gasteiger partial charge on any atom is 0.114 e. The molecule has 21 heavy (non-hydrogen) atoms. The molecule has 2 nitrogen and oxygen atoms in total. The Kier molecular flexibility index (Phi) is 5.54. The quantitative estimate of drug-likeness (QED) is 0.535. The standard InChI is InChI=1S/C18H31NOS/c1-9-20-19-14-15-10-12-16(13-11-15)21(8,17(2,3)4)18(5,6)7/h10-14H,9H2,1-8H3/b19-14+. The lowest BCUT2D eigenvalue weighted by Crippen LogP contribution is -2.37. The van der Waals surface area contributed by atoms with Crippen LogP contribution in [0.5, 0.6) is 0 Å². The maximum absolute atomic E-state index is 5.02. The number of hydrogen-bond donors (Lipinski definition) is 0. The molecule has 0 unspecified atom stereocenters. The summed E-state index contributed by atoms with van der Waals surface area (Å²) < 4.78 is 0.512. The Hall–Kier alpha value is -0.960. The van der Waals surface area contributed by atoms with E-state index in [4.69, 9.17) is 4.84 Å². The van der Waals surface area contributed by atoms with E-state index in [1.807, 2.05) is 6.92 Å². The van der Waals surface area contributed by atoms with E-state index in [9.17, 15) is 0 Å². The van der Waals surface area contributed by atoms with Gasteiger partial charge in [-0.1, -0.05) is 58.8 Å². The van der Waals surface area contributed by atoms with Gasteiger partial charge in [-0.3, -0.25) is 0 Å². The molecule has 0 atom stereocenters. The Morgan fingerprint density at radius 3 is 1.86 bits per heavy atom. The zero-order valence-corrected chi connectivity index (χ0v) is 15.7. The summed E-state index contributed by atoms with van der Waals surface area (Å²) in [5.41, 5.74) is 1.08. The van der Waals surface area contributed by atoms with Crippen LogP contribution in [0.25, 0.3) is 0 Å². The minimum absolute atomic E-state index is 0.256. The van der Waals surface area contributed by atoms with Crippen LogP contribution in [0.4, 0.5) is 0 Å². The highest BCUT2D eigenvalue weighted by molar-refractivity contribution is 8.35. The van der Waals surface area contributed by atoms with Crippen LogP contribution < -0.4 is 0 Å². The molecule has 1 aromatic rings. The minimum Gasteiger partial charge on any atom is -0.396 e. The average molecular weight is 310 g/mol. The van der Waals surface area contributed by atoms with Gasteiger partial charge in [0, 0.05) is 0 Å². The number of benzene rings is 1. The SMILES string of the molecule is CCO/N=C/c1ccc(S(C)(C(C)(C)C)C(C)(C)C)cc1. The zero-order valence-electron chi connectivity index (χ0n) is 14.9. The van der Waals surface area contributed by atoms with Crippen LogP contribution in [0.15, 0.2) is 34.3 Å². The molecule has 0 fully saturated rings. The van der Waals surface area contributed by atoms with Crippen LogP contribution in [0.2, 0.25) is 0 Å². The molecule has 0 aromatic heterocycles. The first-order valence-corrected chi connectivity index (χ1v) is 9.61. The summed E-state index contributed by atoms with van der Waals surface area (Å²) in [6, 6.07) is 8.80. The van der Waals surface area contributed by atoms with Gasteiger partial charge in [-0.2, -0.15) is 0 Å². The fourth-order valence-corrected chi connectivity index (χ4v) is 6.56. The van der Waals surface area contributed by atoms with Crippen molar-refractivity contribution in [2.45, 2.75) is 62.9 Å². The molecule has 0 saturated carbocycles. The van der Waals surface area contributed by atoms with Gasteiger partial charge in [0.25, 0.3) is 0 Å². The normalized spacial score (nSPS) is 14.5. The predicted molar refractivity (Wildman–Crippen MR) is 96.9 cm³/mol. The van der Waals surface area contributed by atoms with Gasteiger partial charge < -0.3 is 4.84 Å². The molecule has 1 aromatic carbocycles. The lowest BCUT2D eigenvalue weighted by atomic mass is 10.2. The molecule has 3 heteroatoms. The molecule has 0 radical (unpaired) electrons. The highest BCUT2D eigenvalue weighted by Crippen LogP contribution is 2.70. The third kappa shape index (κ3) is 3.82. The van der Waals surface area contributed by atoms with E-state index < -0.39 is 10.0 Å². The van der Waals surface area contributed by atoms with E-state index in [0.29, 0.717) is 6.61 Å². The summed E-state index contributed by atoms with van der Waals surface area (Å²) in [5, 5.41) is 3.93.